The minimum Gasteiger partial charge on any atom is -0.496 e. The number of alkyl carbamates (subject to hydrolysis) is 1. The van der Waals surface area contributed by atoms with Gasteiger partial charge in [0, 0.05) is 18.7 Å². The van der Waals surface area contributed by atoms with E-state index in [0.717, 1.165) is 16.7 Å². The van der Waals surface area contributed by atoms with E-state index in [0.29, 0.717) is 27.1 Å². The average molecular weight is 530 g/mol. The third-order valence-electron chi connectivity index (χ3n) is 5.02. The number of amides is 2. The fourth-order valence-electron chi connectivity index (χ4n) is 3.38. The molecule has 3 rings (SSSR count). The van der Waals surface area contributed by atoms with Crippen LogP contribution in [0.25, 0.3) is 11.3 Å². The van der Waals surface area contributed by atoms with Crippen LogP contribution >= 0.6 is 23.2 Å². The average Bonchev–Trinajstić information content (AvgIpc) is 2.82. The lowest BCUT2D eigenvalue weighted by Crippen LogP contribution is -2.32. The summed E-state index contributed by atoms with van der Waals surface area (Å²) in [4.78, 5) is 29.9. The van der Waals surface area contributed by atoms with Crippen molar-refractivity contribution in [3.8, 4) is 17.0 Å². The van der Waals surface area contributed by atoms with Crippen molar-refractivity contribution in [3.05, 3.63) is 81.0 Å². The Labute approximate surface area is 221 Å². The van der Waals surface area contributed by atoms with Crippen molar-refractivity contribution in [2.45, 2.75) is 46.4 Å². The molecule has 0 bridgehead atoms. The first-order chi connectivity index (χ1) is 16.9. The number of pyridine rings is 1. The van der Waals surface area contributed by atoms with Crippen LogP contribution in [-0.4, -0.2) is 29.7 Å². The number of halogens is 2. The van der Waals surface area contributed by atoms with Crippen LogP contribution in [0.2, 0.25) is 10.0 Å². The fraction of sp³-hybridized carbons (Fsp3) is 0.296. The van der Waals surface area contributed by atoms with E-state index in [9.17, 15) is 9.59 Å². The number of ether oxygens (including phenoxy) is 2. The molecule has 0 atom stereocenters. The Bertz CT molecular complexity index is 1270. The highest BCUT2D eigenvalue weighted by atomic mass is 35.5. The predicted molar refractivity (Wildman–Crippen MR) is 142 cm³/mol. The minimum atomic E-state index is -0.627. The molecule has 0 aliphatic rings. The van der Waals surface area contributed by atoms with Gasteiger partial charge in [-0.3, -0.25) is 4.79 Å². The molecule has 0 radical (unpaired) electrons. The number of nitrogens with one attached hydrogen (secondary N) is 2. The zero-order chi connectivity index (χ0) is 26.5. The van der Waals surface area contributed by atoms with E-state index < -0.39 is 11.7 Å². The molecule has 2 N–H and O–H groups in total. The molecule has 0 saturated heterocycles. The molecule has 190 valence electrons. The molecule has 1 heterocycles. The number of aromatic nitrogens is 1. The SMILES string of the molecule is COc1ccc(C)cc1-c1cc(CNC(=O)OC(C)(C)C)cc(C(=O)NCc2ccc(Cl)c(Cl)c2)n1. The standard InChI is InChI=1S/C27H29Cl2N3O4/c1-16-6-9-24(35-5)19(10-16)22-12-18(15-31-26(34)36-27(2,3)4)13-23(32-22)25(33)30-14-17-7-8-20(28)21(29)11-17/h6-13H,14-15H2,1-5H3,(H,30,33)(H,31,34). The quantitative estimate of drug-likeness (QED) is 0.373. The van der Waals surface area contributed by atoms with Crippen molar-refractivity contribution in [1.29, 1.82) is 0 Å². The summed E-state index contributed by atoms with van der Waals surface area (Å²) in [7, 11) is 1.58. The van der Waals surface area contributed by atoms with Crippen molar-refractivity contribution >= 4 is 35.2 Å². The van der Waals surface area contributed by atoms with E-state index in [1.807, 2.05) is 31.2 Å². The Hall–Kier alpha value is -3.29. The molecule has 0 unspecified atom stereocenters. The molecular formula is C27H29Cl2N3O4. The molecule has 2 aromatic carbocycles. The summed E-state index contributed by atoms with van der Waals surface area (Å²) < 4.78 is 10.8. The summed E-state index contributed by atoms with van der Waals surface area (Å²) in [6.45, 7) is 7.71. The summed E-state index contributed by atoms with van der Waals surface area (Å²) in [5.41, 5.74) is 3.31. The third kappa shape index (κ3) is 7.60. The van der Waals surface area contributed by atoms with Crippen LogP contribution in [0.3, 0.4) is 0 Å². The number of aryl methyl sites for hydroxylation is 1. The molecule has 7 nitrogen and oxygen atoms in total. The van der Waals surface area contributed by atoms with Gasteiger partial charge in [0.05, 0.1) is 22.8 Å². The second-order valence-electron chi connectivity index (χ2n) is 9.24. The molecule has 0 aliphatic heterocycles. The predicted octanol–water partition coefficient (Wildman–Crippen LogP) is 6.33. The van der Waals surface area contributed by atoms with Crippen molar-refractivity contribution in [2.24, 2.45) is 0 Å². The molecule has 1 aromatic heterocycles. The Morgan fingerprint density at radius 2 is 1.64 bits per heavy atom. The van der Waals surface area contributed by atoms with Gasteiger partial charge in [-0.25, -0.2) is 9.78 Å². The van der Waals surface area contributed by atoms with Crippen molar-refractivity contribution in [1.82, 2.24) is 15.6 Å². The monoisotopic (exact) mass is 529 g/mol. The normalized spacial score (nSPS) is 11.1. The summed E-state index contributed by atoms with van der Waals surface area (Å²) >= 11 is 12.1. The molecule has 9 heteroatoms. The van der Waals surface area contributed by atoms with E-state index in [2.05, 4.69) is 15.6 Å². The molecule has 0 fully saturated rings. The first-order valence-corrected chi connectivity index (χ1v) is 12.1. The number of rotatable bonds is 7. The van der Waals surface area contributed by atoms with Crippen molar-refractivity contribution < 1.29 is 19.1 Å². The van der Waals surface area contributed by atoms with Crippen LogP contribution in [0, 0.1) is 6.92 Å². The first-order valence-electron chi connectivity index (χ1n) is 11.3. The summed E-state index contributed by atoms with van der Waals surface area (Å²) in [5.74, 6) is 0.237. The molecule has 0 spiro atoms. The van der Waals surface area contributed by atoms with Gasteiger partial charge in [0.2, 0.25) is 0 Å². The van der Waals surface area contributed by atoms with E-state index in [1.54, 1.807) is 52.1 Å². The lowest BCUT2D eigenvalue weighted by Gasteiger charge is -2.20. The van der Waals surface area contributed by atoms with Crippen LogP contribution in [0.15, 0.2) is 48.5 Å². The maximum Gasteiger partial charge on any atom is 0.407 e. The smallest absolute Gasteiger partial charge is 0.407 e. The highest BCUT2D eigenvalue weighted by molar-refractivity contribution is 6.42. The molecule has 2 amide bonds. The van der Waals surface area contributed by atoms with Crippen molar-refractivity contribution in [3.63, 3.8) is 0 Å². The Morgan fingerprint density at radius 1 is 0.917 bits per heavy atom. The first kappa shape index (κ1) is 27.3. The van der Waals surface area contributed by atoms with Crippen LogP contribution in [-0.2, 0) is 17.8 Å². The Kier molecular flexibility index (Phi) is 8.82. The number of nitrogens with zero attached hydrogens (tertiary/aromatic N) is 1. The topological polar surface area (TPSA) is 89.5 Å². The van der Waals surface area contributed by atoms with E-state index in [-0.39, 0.29) is 24.7 Å². The van der Waals surface area contributed by atoms with Gasteiger partial charge >= 0.3 is 6.09 Å². The number of hydrogen-bond acceptors (Lipinski definition) is 5. The Morgan fingerprint density at radius 3 is 2.31 bits per heavy atom. The summed E-state index contributed by atoms with van der Waals surface area (Å²) in [6, 6.07) is 14.3. The second kappa shape index (κ2) is 11.6. The van der Waals surface area contributed by atoms with E-state index in [1.165, 1.54) is 0 Å². The van der Waals surface area contributed by atoms with Gasteiger partial charge in [-0.1, -0.05) is 40.9 Å². The maximum absolute atomic E-state index is 13.1. The van der Waals surface area contributed by atoms with Gasteiger partial charge in [0.25, 0.3) is 5.91 Å². The van der Waals surface area contributed by atoms with Gasteiger partial charge in [-0.05, 0) is 75.2 Å². The third-order valence-corrected chi connectivity index (χ3v) is 5.76. The lowest BCUT2D eigenvalue weighted by atomic mass is 10.0. The van der Waals surface area contributed by atoms with Gasteiger partial charge in [0.1, 0.15) is 17.0 Å². The van der Waals surface area contributed by atoms with Gasteiger partial charge in [-0.15, -0.1) is 0 Å². The van der Waals surface area contributed by atoms with Gasteiger partial charge in [0.15, 0.2) is 0 Å². The zero-order valence-electron chi connectivity index (χ0n) is 20.9. The zero-order valence-corrected chi connectivity index (χ0v) is 22.4. The Balaban J connectivity index is 1.90. The second-order valence-corrected chi connectivity index (χ2v) is 10.1. The fourth-order valence-corrected chi connectivity index (χ4v) is 3.70. The largest absolute Gasteiger partial charge is 0.496 e. The van der Waals surface area contributed by atoms with Crippen LogP contribution in [0.5, 0.6) is 5.75 Å². The van der Waals surface area contributed by atoms with E-state index >= 15 is 0 Å². The van der Waals surface area contributed by atoms with E-state index in [4.69, 9.17) is 32.7 Å². The number of benzene rings is 2. The summed E-state index contributed by atoms with van der Waals surface area (Å²) in [6.07, 6.45) is -0.556. The lowest BCUT2D eigenvalue weighted by molar-refractivity contribution is 0.0523. The number of hydrogen-bond donors (Lipinski definition) is 2. The summed E-state index contributed by atoms with van der Waals surface area (Å²) in [5, 5.41) is 6.44. The van der Waals surface area contributed by atoms with Crippen LogP contribution in [0.1, 0.15) is 48.0 Å². The van der Waals surface area contributed by atoms with Gasteiger partial charge in [-0.2, -0.15) is 0 Å². The molecule has 3 aromatic rings. The highest BCUT2D eigenvalue weighted by Gasteiger charge is 2.18. The molecule has 0 saturated carbocycles. The van der Waals surface area contributed by atoms with Crippen LogP contribution in [0.4, 0.5) is 4.79 Å². The molecular weight excluding hydrogens is 501 g/mol. The van der Waals surface area contributed by atoms with Gasteiger partial charge < -0.3 is 20.1 Å². The van der Waals surface area contributed by atoms with Crippen molar-refractivity contribution in [2.75, 3.05) is 7.11 Å². The maximum atomic E-state index is 13.1. The highest BCUT2D eigenvalue weighted by Crippen LogP contribution is 2.30. The molecule has 36 heavy (non-hydrogen) atoms. The number of methoxy groups -OCH3 is 1. The molecule has 0 aliphatic carbocycles. The number of carbonyl (C=O) groups excluding carboxylic acids is 2. The number of carbonyl (C=O) groups is 2. The minimum absolute atomic E-state index is 0.144. The van der Waals surface area contributed by atoms with Crippen LogP contribution < -0.4 is 15.4 Å².